The molecule has 0 aliphatic carbocycles. The van der Waals surface area contributed by atoms with E-state index in [4.69, 9.17) is 9.15 Å². The van der Waals surface area contributed by atoms with Gasteiger partial charge in [0.25, 0.3) is 5.56 Å². The summed E-state index contributed by atoms with van der Waals surface area (Å²) in [7, 11) is 0. The van der Waals surface area contributed by atoms with Crippen LogP contribution >= 0.6 is 0 Å². The van der Waals surface area contributed by atoms with Crippen LogP contribution in [0.1, 0.15) is 18.2 Å². The average molecular weight is 435 g/mol. The van der Waals surface area contributed by atoms with Crippen molar-refractivity contribution in [2.24, 2.45) is 0 Å². The summed E-state index contributed by atoms with van der Waals surface area (Å²) in [6.07, 6.45) is 1.52. The third kappa shape index (κ3) is 4.97. The number of halogens is 1. The van der Waals surface area contributed by atoms with Crippen LogP contribution in [0.3, 0.4) is 0 Å². The summed E-state index contributed by atoms with van der Waals surface area (Å²) >= 11 is 0. The Bertz CT molecular complexity index is 1270. The highest BCUT2D eigenvalue weighted by atomic mass is 19.1. The van der Waals surface area contributed by atoms with Gasteiger partial charge in [-0.2, -0.15) is 0 Å². The monoisotopic (exact) mass is 435 g/mol. The number of anilines is 1. The summed E-state index contributed by atoms with van der Waals surface area (Å²) in [4.78, 5) is 30.0. The van der Waals surface area contributed by atoms with Gasteiger partial charge in [0.05, 0.1) is 26.0 Å². The Hall–Kier alpha value is -4.07. The number of hydrogen-bond acceptors (Lipinski definition) is 4. The van der Waals surface area contributed by atoms with E-state index in [1.807, 2.05) is 13.0 Å². The second-order valence-corrected chi connectivity index (χ2v) is 7.18. The largest absolute Gasteiger partial charge is 0.494 e. The number of rotatable bonds is 7. The average Bonchev–Trinajstić information content (AvgIpc) is 3.29. The normalized spacial score (nSPS) is 10.8. The number of hydrogen-bond donors (Lipinski definition) is 2. The molecule has 0 aliphatic heterocycles. The fourth-order valence-electron chi connectivity index (χ4n) is 3.34. The minimum atomic E-state index is -0.449. The molecule has 2 heterocycles. The van der Waals surface area contributed by atoms with Gasteiger partial charge in [-0.1, -0.05) is 0 Å². The Kier molecular flexibility index (Phi) is 6.21. The first kappa shape index (κ1) is 21.2. The van der Waals surface area contributed by atoms with E-state index in [2.05, 4.69) is 10.3 Å². The van der Waals surface area contributed by atoms with E-state index in [1.165, 1.54) is 35.4 Å². The van der Waals surface area contributed by atoms with Crippen LogP contribution in [0.15, 0.2) is 76.1 Å². The standard InChI is InChI=1S/C24H22FN3O4/c1-2-31-20-9-10-22-16(13-20)12-17(23(29)27-22)14-28(15-21-4-3-11-32-21)24(30)26-19-7-5-18(25)6-8-19/h3-13H,2,14-15H2,1H3,(H,26,30)(H,27,29). The van der Waals surface area contributed by atoms with Crippen LogP contribution in [-0.4, -0.2) is 22.5 Å². The smallest absolute Gasteiger partial charge is 0.322 e. The van der Waals surface area contributed by atoms with Gasteiger partial charge in [-0.05, 0) is 67.6 Å². The van der Waals surface area contributed by atoms with Gasteiger partial charge in [-0.15, -0.1) is 0 Å². The van der Waals surface area contributed by atoms with Gasteiger partial charge in [0.2, 0.25) is 0 Å². The highest BCUT2D eigenvalue weighted by molar-refractivity contribution is 5.89. The first-order valence-electron chi connectivity index (χ1n) is 10.1. The van der Waals surface area contributed by atoms with Gasteiger partial charge < -0.3 is 24.4 Å². The van der Waals surface area contributed by atoms with Crippen molar-refractivity contribution in [2.75, 3.05) is 11.9 Å². The lowest BCUT2D eigenvalue weighted by molar-refractivity contribution is 0.201. The number of carbonyl (C=O) groups excluding carboxylic acids is 1. The van der Waals surface area contributed by atoms with E-state index in [1.54, 1.807) is 30.3 Å². The Morgan fingerprint density at radius 2 is 1.94 bits per heavy atom. The van der Waals surface area contributed by atoms with Crippen LogP contribution < -0.4 is 15.6 Å². The number of carbonyl (C=O) groups is 1. The highest BCUT2D eigenvalue weighted by Gasteiger charge is 2.18. The number of furan rings is 1. The number of nitrogens with zero attached hydrogens (tertiary/aromatic N) is 1. The maximum absolute atomic E-state index is 13.2. The summed E-state index contributed by atoms with van der Waals surface area (Å²) in [6, 6.07) is 15.6. The second-order valence-electron chi connectivity index (χ2n) is 7.18. The fraction of sp³-hybridized carbons (Fsp3) is 0.167. The first-order valence-corrected chi connectivity index (χ1v) is 10.1. The second kappa shape index (κ2) is 9.38. The summed E-state index contributed by atoms with van der Waals surface area (Å²) in [5.41, 5.74) is 1.23. The Labute approximate surface area is 183 Å². The number of amides is 2. The van der Waals surface area contributed by atoms with E-state index >= 15 is 0 Å². The number of pyridine rings is 1. The number of urea groups is 1. The molecule has 0 spiro atoms. The van der Waals surface area contributed by atoms with Crippen molar-refractivity contribution >= 4 is 22.6 Å². The Morgan fingerprint density at radius 3 is 2.66 bits per heavy atom. The summed E-state index contributed by atoms with van der Waals surface area (Å²) in [6.45, 7) is 2.62. The van der Waals surface area contributed by atoms with Gasteiger partial charge >= 0.3 is 6.03 Å². The van der Waals surface area contributed by atoms with Crippen LogP contribution in [0.2, 0.25) is 0 Å². The zero-order valence-electron chi connectivity index (χ0n) is 17.4. The minimum absolute atomic E-state index is 0.0395. The van der Waals surface area contributed by atoms with Gasteiger partial charge in [0.15, 0.2) is 0 Å². The highest BCUT2D eigenvalue weighted by Crippen LogP contribution is 2.20. The zero-order chi connectivity index (χ0) is 22.5. The summed E-state index contributed by atoms with van der Waals surface area (Å²) in [5.74, 6) is 0.860. The molecule has 2 aromatic heterocycles. The number of H-pyrrole nitrogens is 1. The maximum Gasteiger partial charge on any atom is 0.322 e. The van der Waals surface area contributed by atoms with E-state index < -0.39 is 11.8 Å². The Balaban J connectivity index is 1.62. The number of aromatic amines is 1. The van der Waals surface area contributed by atoms with E-state index in [0.29, 0.717) is 34.9 Å². The third-order valence-electron chi connectivity index (χ3n) is 4.87. The van der Waals surface area contributed by atoms with Crippen LogP contribution in [-0.2, 0) is 13.1 Å². The molecule has 32 heavy (non-hydrogen) atoms. The molecule has 0 unspecified atom stereocenters. The van der Waals surface area contributed by atoms with Crippen LogP contribution in [0.25, 0.3) is 10.9 Å². The van der Waals surface area contributed by atoms with Gasteiger partial charge in [-0.25, -0.2) is 9.18 Å². The van der Waals surface area contributed by atoms with E-state index in [9.17, 15) is 14.0 Å². The molecule has 0 saturated carbocycles. The number of aromatic nitrogens is 1. The third-order valence-corrected chi connectivity index (χ3v) is 4.87. The molecule has 0 saturated heterocycles. The molecule has 164 valence electrons. The molecule has 0 bridgehead atoms. The molecule has 2 aromatic carbocycles. The van der Waals surface area contributed by atoms with Gasteiger partial charge in [0, 0.05) is 22.2 Å². The SMILES string of the molecule is CCOc1ccc2[nH]c(=O)c(CN(Cc3ccco3)C(=O)Nc3ccc(F)cc3)cc2c1. The van der Waals surface area contributed by atoms with Crippen molar-refractivity contribution in [3.8, 4) is 5.75 Å². The molecule has 0 atom stereocenters. The maximum atomic E-state index is 13.2. The van der Waals surface area contributed by atoms with Crippen molar-refractivity contribution in [2.45, 2.75) is 20.0 Å². The van der Waals surface area contributed by atoms with Crippen molar-refractivity contribution in [1.29, 1.82) is 0 Å². The lowest BCUT2D eigenvalue weighted by Crippen LogP contribution is -2.35. The lowest BCUT2D eigenvalue weighted by Gasteiger charge is -2.22. The number of fused-ring (bicyclic) bond motifs is 1. The molecule has 4 aromatic rings. The van der Waals surface area contributed by atoms with E-state index in [0.717, 1.165) is 5.39 Å². The van der Waals surface area contributed by atoms with Crippen LogP contribution in [0.4, 0.5) is 14.9 Å². The molecule has 7 nitrogen and oxygen atoms in total. The van der Waals surface area contributed by atoms with E-state index in [-0.39, 0.29) is 18.6 Å². The number of benzene rings is 2. The summed E-state index contributed by atoms with van der Waals surface area (Å²) in [5, 5.41) is 3.52. The predicted octanol–water partition coefficient (Wildman–Crippen LogP) is 4.89. The predicted molar refractivity (Wildman–Crippen MR) is 119 cm³/mol. The molecule has 8 heteroatoms. The summed E-state index contributed by atoms with van der Waals surface area (Å²) < 4.78 is 24.1. The molecular weight excluding hydrogens is 413 g/mol. The van der Waals surface area contributed by atoms with Gasteiger partial charge in [-0.3, -0.25) is 4.79 Å². The first-order chi connectivity index (χ1) is 15.5. The fourth-order valence-corrected chi connectivity index (χ4v) is 3.34. The van der Waals surface area contributed by atoms with Crippen molar-refractivity contribution in [1.82, 2.24) is 9.88 Å². The quantitative estimate of drug-likeness (QED) is 0.433. The molecular formula is C24H22FN3O4. The Morgan fingerprint density at radius 1 is 1.12 bits per heavy atom. The molecule has 2 amide bonds. The molecule has 0 radical (unpaired) electrons. The van der Waals surface area contributed by atoms with Crippen molar-refractivity contribution < 1.29 is 18.3 Å². The molecule has 4 rings (SSSR count). The lowest BCUT2D eigenvalue weighted by atomic mass is 10.1. The van der Waals surface area contributed by atoms with Crippen molar-refractivity contribution in [3.63, 3.8) is 0 Å². The topological polar surface area (TPSA) is 87.6 Å². The minimum Gasteiger partial charge on any atom is -0.494 e. The zero-order valence-corrected chi connectivity index (χ0v) is 17.4. The number of nitrogens with one attached hydrogen (secondary N) is 2. The van der Waals surface area contributed by atoms with Crippen LogP contribution in [0.5, 0.6) is 5.75 Å². The van der Waals surface area contributed by atoms with Crippen molar-refractivity contribution in [3.05, 3.63) is 94.4 Å². The molecule has 0 aliphatic rings. The van der Waals surface area contributed by atoms with Gasteiger partial charge in [0.1, 0.15) is 17.3 Å². The van der Waals surface area contributed by atoms with Crippen LogP contribution in [0, 0.1) is 5.82 Å². The molecule has 0 fully saturated rings. The number of ether oxygens (including phenoxy) is 1. The molecule has 2 N–H and O–H groups in total.